The van der Waals surface area contributed by atoms with Gasteiger partial charge in [0.1, 0.15) is 11.6 Å². The molecule has 1 fully saturated rings. The van der Waals surface area contributed by atoms with Gasteiger partial charge < -0.3 is 10.2 Å². The second-order valence-corrected chi connectivity index (χ2v) is 10.3. The molecule has 2 aromatic heterocycles. The van der Waals surface area contributed by atoms with Crippen molar-refractivity contribution in [2.75, 3.05) is 25.0 Å². The normalized spacial score (nSPS) is 15.4. The molecule has 0 amide bonds. The Labute approximate surface area is 203 Å². The number of hydrogen-bond acceptors (Lipinski definition) is 6. The van der Waals surface area contributed by atoms with Crippen LogP contribution >= 0.6 is 0 Å². The SMILES string of the molecule is CC(C)CCN1CCC(C(=O)Cc2cc3cc(-c4cncc(NC(C)C)n4)ccc3cn2)CC1. The summed E-state index contributed by atoms with van der Waals surface area (Å²) in [5, 5.41) is 5.43. The molecule has 0 radical (unpaired) electrons. The zero-order chi connectivity index (χ0) is 24.1. The van der Waals surface area contributed by atoms with Crippen LogP contribution < -0.4 is 5.32 Å². The number of piperidine rings is 1. The lowest BCUT2D eigenvalue weighted by atomic mass is 9.90. The number of hydrogen-bond donors (Lipinski definition) is 1. The van der Waals surface area contributed by atoms with Crippen LogP contribution in [0.5, 0.6) is 0 Å². The molecule has 1 aromatic carbocycles. The highest BCUT2D eigenvalue weighted by Gasteiger charge is 2.25. The minimum Gasteiger partial charge on any atom is -0.367 e. The van der Waals surface area contributed by atoms with Crippen LogP contribution in [0.25, 0.3) is 22.0 Å². The Kier molecular flexibility index (Phi) is 7.88. The minimum atomic E-state index is 0.158. The molecule has 0 spiro atoms. The van der Waals surface area contributed by atoms with Gasteiger partial charge in [0.2, 0.25) is 0 Å². The van der Waals surface area contributed by atoms with E-state index in [0.29, 0.717) is 18.2 Å². The lowest BCUT2D eigenvalue weighted by Crippen LogP contribution is -2.37. The summed E-state index contributed by atoms with van der Waals surface area (Å²) in [5.41, 5.74) is 2.68. The number of anilines is 1. The maximum atomic E-state index is 13.0. The average molecular weight is 460 g/mol. The van der Waals surface area contributed by atoms with E-state index in [4.69, 9.17) is 4.98 Å². The maximum absolute atomic E-state index is 13.0. The van der Waals surface area contributed by atoms with Crippen LogP contribution in [0.1, 0.15) is 52.7 Å². The first-order valence-electron chi connectivity index (χ1n) is 12.6. The molecule has 4 rings (SSSR count). The van der Waals surface area contributed by atoms with Gasteiger partial charge in [0, 0.05) is 41.2 Å². The van der Waals surface area contributed by atoms with Crippen LogP contribution in [-0.4, -0.2) is 51.3 Å². The lowest BCUT2D eigenvalue weighted by Gasteiger charge is -2.31. The maximum Gasteiger partial charge on any atom is 0.145 e. The highest BCUT2D eigenvalue weighted by Crippen LogP contribution is 2.25. The third-order valence-corrected chi connectivity index (χ3v) is 6.57. The number of nitrogens with zero attached hydrogens (tertiary/aromatic N) is 4. The summed E-state index contributed by atoms with van der Waals surface area (Å²) in [4.78, 5) is 29.1. The first-order chi connectivity index (χ1) is 16.4. The molecule has 1 aliphatic rings. The predicted molar refractivity (Wildman–Crippen MR) is 139 cm³/mol. The lowest BCUT2D eigenvalue weighted by molar-refractivity contribution is -0.123. The molecular weight excluding hydrogens is 422 g/mol. The summed E-state index contributed by atoms with van der Waals surface area (Å²) in [6, 6.07) is 8.56. The minimum absolute atomic E-state index is 0.158. The highest BCUT2D eigenvalue weighted by atomic mass is 16.1. The van der Waals surface area contributed by atoms with Crippen LogP contribution in [0, 0.1) is 11.8 Å². The van der Waals surface area contributed by atoms with Gasteiger partial charge in [-0.1, -0.05) is 26.0 Å². The number of carbonyl (C=O) groups is 1. The van der Waals surface area contributed by atoms with Gasteiger partial charge in [0.25, 0.3) is 0 Å². The van der Waals surface area contributed by atoms with Crippen molar-refractivity contribution in [1.29, 1.82) is 0 Å². The van der Waals surface area contributed by atoms with Crippen LogP contribution in [0.2, 0.25) is 0 Å². The number of ketones is 1. The van der Waals surface area contributed by atoms with Gasteiger partial charge >= 0.3 is 0 Å². The van der Waals surface area contributed by atoms with Crippen molar-refractivity contribution in [3.63, 3.8) is 0 Å². The van der Waals surface area contributed by atoms with Gasteiger partial charge in [-0.3, -0.25) is 14.8 Å². The van der Waals surface area contributed by atoms with E-state index in [0.717, 1.165) is 71.9 Å². The van der Waals surface area contributed by atoms with Crippen molar-refractivity contribution >= 4 is 22.4 Å². The number of rotatable bonds is 9. The summed E-state index contributed by atoms with van der Waals surface area (Å²) < 4.78 is 0. The average Bonchev–Trinajstić information content (AvgIpc) is 2.82. The number of Topliss-reactive ketones (excluding diaryl/α,β-unsaturated/α-hetero) is 1. The molecule has 1 N–H and O–H groups in total. The first kappa shape index (κ1) is 24.3. The Hall–Kier alpha value is -2.86. The quantitative estimate of drug-likeness (QED) is 0.463. The van der Waals surface area contributed by atoms with Crippen LogP contribution in [-0.2, 0) is 11.2 Å². The van der Waals surface area contributed by atoms with Crippen molar-refractivity contribution in [2.45, 2.75) is 59.4 Å². The van der Waals surface area contributed by atoms with Gasteiger partial charge in [-0.25, -0.2) is 4.98 Å². The molecule has 0 aliphatic carbocycles. The van der Waals surface area contributed by atoms with E-state index in [2.05, 4.69) is 66.1 Å². The number of carbonyl (C=O) groups excluding carboxylic acids is 1. The summed E-state index contributed by atoms with van der Waals surface area (Å²) in [6.45, 7) is 11.9. The Bertz CT molecular complexity index is 1120. The standard InChI is InChI=1S/C28H37N5O/c1-19(2)7-10-33-11-8-21(9-12-33)27(34)15-25-14-24-13-22(5-6-23(24)16-30-25)26-17-29-18-28(32-26)31-20(3)4/h5-6,13-14,16-21H,7-12,15H2,1-4H3,(H,31,32). The van der Waals surface area contributed by atoms with Crippen LogP contribution in [0.4, 0.5) is 5.82 Å². The van der Waals surface area contributed by atoms with Crippen molar-refractivity contribution in [3.8, 4) is 11.3 Å². The largest absolute Gasteiger partial charge is 0.367 e. The molecule has 34 heavy (non-hydrogen) atoms. The van der Waals surface area contributed by atoms with Crippen molar-refractivity contribution in [1.82, 2.24) is 19.9 Å². The molecule has 0 saturated carbocycles. The second-order valence-electron chi connectivity index (χ2n) is 10.3. The van der Waals surface area contributed by atoms with Crippen molar-refractivity contribution < 1.29 is 4.79 Å². The van der Waals surface area contributed by atoms with Crippen molar-refractivity contribution in [2.24, 2.45) is 11.8 Å². The Morgan fingerprint density at radius 3 is 2.59 bits per heavy atom. The summed E-state index contributed by atoms with van der Waals surface area (Å²) >= 11 is 0. The number of fused-ring (bicyclic) bond motifs is 1. The first-order valence-corrected chi connectivity index (χ1v) is 12.6. The fraction of sp³-hybridized carbons (Fsp3) is 0.500. The van der Waals surface area contributed by atoms with E-state index < -0.39 is 0 Å². The molecule has 6 nitrogen and oxygen atoms in total. The smallest absolute Gasteiger partial charge is 0.145 e. The van der Waals surface area contributed by atoms with Crippen molar-refractivity contribution in [3.05, 3.63) is 48.5 Å². The topological polar surface area (TPSA) is 71.0 Å². The van der Waals surface area contributed by atoms with E-state index in [1.54, 1.807) is 12.4 Å². The number of likely N-dealkylation sites (tertiary alicyclic amines) is 1. The van der Waals surface area contributed by atoms with E-state index >= 15 is 0 Å². The van der Waals surface area contributed by atoms with Gasteiger partial charge in [0.05, 0.1) is 18.1 Å². The zero-order valence-corrected chi connectivity index (χ0v) is 20.9. The van der Waals surface area contributed by atoms with E-state index in [1.807, 2.05) is 12.3 Å². The van der Waals surface area contributed by atoms with E-state index in [1.165, 1.54) is 6.42 Å². The number of pyridine rings is 1. The summed E-state index contributed by atoms with van der Waals surface area (Å²) in [5.74, 6) is 1.98. The zero-order valence-electron chi connectivity index (χ0n) is 20.9. The van der Waals surface area contributed by atoms with Gasteiger partial charge in [-0.2, -0.15) is 0 Å². The third kappa shape index (κ3) is 6.38. The number of aromatic nitrogens is 3. The summed E-state index contributed by atoms with van der Waals surface area (Å²) in [6.07, 6.45) is 8.97. The van der Waals surface area contributed by atoms with Gasteiger partial charge in [-0.05, 0) is 76.2 Å². The Morgan fingerprint density at radius 2 is 1.85 bits per heavy atom. The highest BCUT2D eigenvalue weighted by molar-refractivity contribution is 5.88. The third-order valence-electron chi connectivity index (χ3n) is 6.57. The molecule has 3 heterocycles. The van der Waals surface area contributed by atoms with Crippen LogP contribution in [0.15, 0.2) is 42.9 Å². The number of benzene rings is 1. The molecular formula is C28H37N5O. The van der Waals surface area contributed by atoms with Crippen LogP contribution in [0.3, 0.4) is 0 Å². The Morgan fingerprint density at radius 1 is 1.06 bits per heavy atom. The Balaban J connectivity index is 1.43. The molecule has 3 aromatic rings. The fourth-order valence-corrected chi connectivity index (χ4v) is 4.56. The number of nitrogens with one attached hydrogen (secondary N) is 1. The van der Waals surface area contributed by atoms with E-state index in [9.17, 15) is 4.79 Å². The second kappa shape index (κ2) is 11.0. The molecule has 0 unspecified atom stereocenters. The molecule has 1 aliphatic heterocycles. The van der Waals surface area contributed by atoms with E-state index in [-0.39, 0.29) is 5.92 Å². The predicted octanol–water partition coefficient (Wildman–Crippen LogP) is 5.38. The summed E-state index contributed by atoms with van der Waals surface area (Å²) in [7, 11) is 0. The monoisotopic (exact) mass is 459 g/mol. The van der Waals surface area contributed by atoms with Gasteiger partial charge in [0.15, 0.2) is 0 Å². The molecule has 6 heteroatoms. The molecule has 0 atom stereocenters. The molecule has 180 valence electrons. The van der Waals surface area contributed by atoms with Gasteiger partial charge in [-0.15, -0.1) is 0 Å². The fourth-order valence-electron chi connectivity index (χ4n) is 4.56. The molecule has 1 saturated heterocycles. The molecule has 0 bridgehead atoms.